The van der Waals surface area contributed by atoms with Crippen molar-refractivity contribution in [3.05, 3.63) is 29.8 Å². The molecule has 2 aliphatic rings. The molecule has 2 fully saturated rings. The maximum Gasteiger partial charge on any atom is 0.249 e. The zero-order chi connectivity index (χ0) is 20.5. The van der Waals surface area contributed by atoms with Crippen LogP contribution in [0.25, 0.3) is 0 Å². The SMILES string of the molecule is O=C(CCN1C(=O)CCC1=O)N1CCN(S(=O)(=O)c2c(F)cccc2F)CC1. The summed E-state index contributed by atoms with van der Waals surface area (Å²) >= 11 is 0. The smallest absolute Gasteiger partial charge is 0.249 e. The lowest BCUT2D eigenvalue weighted by Crippen LogP contribution is -2.51. The molecule has 0 unspecified atom stereocenters. The Morgan fingerprint density at radius 3 is 2.04 bits per heavy atom. The van der Waals surface area contributed by atoms with Gasteiger partial charge in [-0.1, -0.05) is 6.07 Å². The molecule has 28 heavy (non-hydrogen) atoms. The lowest BCUT2D eigenvalue weighted by atomic mass is 10.3. The number of hydrogen-bond acceptors (Lipinski definition) is 5. The highest BCUT2D eigenvalue weighted by Crippen LogP contribution is 2.23. The quantitative estimate of drug-likeness (QED) is 0.647. The molecule has 1 aromatic carbocycles. The summed E-state index contributed by atoms with van der Waals surface area (Å²) in [4.78, 5) is 36.9. The Morgan fingerprint density at radius 2 is 1.50 bits per heavy atom. The van der Waals surface area contributed by atoms with Crippen molar-refractivity contribution in [3.63, 3.8) is 0 Å². The van der Waals surface area contributed by atoms with Crippen molar-refractivity contribution >= 4 is 27.7 Å². The van der Waals surface area contributed by atoms with E-state index in [4.69, 9.17) is 0 Å². The number of imide groups is 1. The van der Waals surface area contributed by atoms with Gasteiger partial charge in [-0.25, -0.2) is 17.2 Å². The van der Waals surface area contributed by atoms with Crippen LogP contribution in [0.15, 0.2) is 23.1 Å². The summed E-state index contributed by atoms with van der Waals surface area (Å²) in [5.74, 6) is -3.26. The van der Waals surface area contributed by atoms with Crippen molar-refractivity contribution in [1.82, 2.24) is 14.1 Å². The Hall–Kier alpha value is -2.40. The summed E-state index contributed by atoms with van der Waals surface area (Å²) in [5, 5.41) is 0. The van der Waals surface area contributed by atoms with Crippen LogP contribution < -0.4 is 0 Å². The van der Waals surface area contributed by atoms with Gasteiger partial charge in [-0.05, 0) is 12.1 Å². The van der Waals surface area contributed by atoms with Gasteiger partial charge in [0.15, 0.2) is 4.90 Å². The topological polar surface area (TPSA) is 95.1 Å². The third-order valence-corrected chi connectivity index (χ3v) is 6.76. The molecule has 0 radical (unpaired) electrons. The standard InChI is InChI=1S/C17H19F2N3O5S/c18-12-2-1-3-13(19)17(12)28(26,27)21-10-8-20(9-11-21)14(23)6-7-22-15(24)4-5-16(22)25/h1-3H,4-11H2. The molecule has 2 saturated heterocycles. The van der Waals surface area contributed by atoms with Gasteiger partial charge in [0.2, 0.25) is 27.7 Å². The van der Waals surface area contributed by atoms with Crippen molar-refractivity contribution in [2.75, 3.05) is 32.7 Å². The second-order valence-electron chi connectivity index (χ2n) is 6.52. The fraction of sp³-hybridized carbons (Fsp3) is 0.471. The third-order valence-electron chi connectivity index (χ3n) is 4.81. The second-order valence-corrected chi connectivity index (χ2v) is 8.40. The largest absolute Gasteiger partial charge is 0.340 e. The van der Waals surface area contributed by atoms with Crippen LogP contribution in [-0.4, -0.2) is 73.0 Å². The minimum absolute atomic E-state index is 0.00451. The average molecular weight is 415 g/mol. The molecule has 0 bridgehead atoms. The number of piperazine rings is 1. The molecule has 0 saturated carbocycles. The molecular formula is C17H19F2N3O5S. The summed E-state index contributed by atoms with van der Waals surface area (Å²) in [6.07, 6.45) is 0.249. The number of benzene rings is 1. The highest BCUT2D eigenvalue weighted by molar-refractivity contribution is 7.89. The Morgan fingerprint density at radius 1 is 0.964 bits per heavy atom. The number of nitrogens with zero attached hydrogens (tertiary/aromatic N) is 3. The number of rotatable bonds is 5. The lowest BCUT2D eigenvalue weighted by Gasteiger charge is -2.34. The lowest BCUT2D eigenvalue weighted by molar-refractivity contribution is -0.139. The Kier molecular flexibility index (Phi) is 5.75. The molecule has 2 aliphatic heterocycles. The first kappa shape index (κ1) is 20.3. The Labute approximate surface area is 160 Å². The van der Waals surface area contributed by atoms with E-state index in [1.807, 2.05) is 0 Å². The van der Waals surface area contributed by atoms with Gasteiger partial charge < -0.3 is 4.90 Å². The molecule has 3 rings (SSSR count). The van der Waals surface area contributed by atoms with E-state index in [1.165, 1.54) is 4.90 Å². The molecule has 1 aromatic rings. The number of sulfonamides is 1. The molecule has 2 heterocycles. The zero-order valence-corrected chi connectivity index (χ0v) is 15.8. The average Bonchev–Trinajstić information content (AvgIpc) is 2.97. The van der Waals surface area contributed by atoms with Gasteiger partial charge in [-0.15, -0.1) is 0 Å². The Balaban J connectivity index is 1.59. The molecule has 0 N–H and O–H groups in total. The normalized spacial score (nSPS) is 18.8. The van der Waals surface area contributed by atoms with Crippen molar-refractivity contribution in [2.24, 2.45) is 0 Å². The third kappa shape index (κ3) is 3.90. The fourth-order valence-corrected chi connectivity index (χ4v) is 4.80. The van der Waals surface area contributed by atoms with E-state index < -0.39 is 26.6 Å². The molecule has 0 spiro atoms. The summed E-state index contributed by atoms with van der Waals surface area (Å²) in [6.45, 7) is -0.117. The van der Waals surface area contributed by atoms with Gasteiger partial charge in [-0.2, -0.15) is 4.31 Å². The summed E-state index contributed by atoms with van der Waals surface area (Å²) < 4.78 is 53.7. The highest BCUT2D eigenvalue weighted by Gasteiger charge is 2.34. The van der Waals surface area contributed by atoms with Gasteiger partial charge in [0.1, 0.15) is 11.6 Å². The van der Waals surface area contributed by atoms with E-state index >= 15 is 0 Å². The van der Waals surface area contributed by atoms with Crippen molar-refractivity contribution < 1.29 is 31.6 Å². The van der Waals surface area contributed by atoms with Gasteiger partial charge >= 0.3 is 0 Å². The summed E-state index contributed by atoms with van der Waals surface area (Å²) in [5.41, 5.74) is 0. The number of halogens is 2. The summed E-state index contributed by atoms with van der Waals surface area (Å²) in [7, 11) is -4.36. The predicted octanol–water partition coefficient (Wildman–Crippen LogP) is 0.337. The van der Waals surface area contributed by atoms with Crippen LogP contribution in [0.3, 0.4) is 0 Å². The van der Waals surface area contributed by atoms with Crippen LogP contribution in [0.4, 0.5) is 8.78 Å². The van der Waals surface area contributed by atoms with Crippen LogP contribution >= 0.6 is 0 Å². The Bertz CT molecular complexity index is 877. The van der Waals surface area contributed by atoms with Crippen LogP contribution in [0.2, 0.25) is 0 Å². The highest BCUT2D eigenvalue weighted by atomic mass is 32.2. The summed E-state index contributed by atoms with van der Waals surface area (Å²) in [6, 6.07) is 2.82. The van der Waals surface area contributed by atoms with E-state index in [2.05, 4.69) is 0 Å². The number of hydrogen-bond donors (Lipinski definition) is 0. The van der Waals surface area contributed by atoms with Gasteiger partial charge in [0, 0.05) is 52.0 Å². The van der Waals surface area contributed by atoms with Gasteiger partial charge in [0.25, 0.3) is 0 Å². The van der Waals surface area contributed by atoms with Crippen LogP contribution in [-0.2, 0) is 24.4 Å². The molecule has 8 nitrogen and oxygen atoms in total. The maximum atomic E-state index is 13.8. The van der Waals surface area contributed by atoms with Gasteiger partial charge in [-0.3, -0.25) is 19.3 Å². The fourth-order valence-electron chi connectivity index (χ4n) is 3.27. The maximum absolute atomic E-state index is 13.8. The van der Waals surface area contributed by atoms with Crippen LogP contribution in [0, 0.1) is 11.6 Å². The van der Waals surface area contributed by atoms with E-state index in [0.717, 1.165) is 27.4 Å². The predicted molar refractivity (Wildman–Crippen MR) is 92.3 cm³/mol. The molecule has 0 aliphatic carbocycles. The number of carbonyl (C=O) groups is 3. The van der Waals surface area contributed by atoms with E-state index in [-0.39, 0.29) is 69.7 Å². The van der Waals surface area contributed by atoms with E-state index in [0.29, 0.717) is 0 Å². The molecule has 0 aromatic heterocycles. The van der Waals surface area contributed by atoms with Gasteiger partial charge in [0.05, 0.1) is 0 Å². The molecule has 0 atom stereocenters. The minimum Gasteiger partial charge on any atom is -0.340 e. The number of likely N-dealkylation sites (tertiary alicyclic amines) is 1. The molecule has 11 heteroatoms. The second kappa shape index (κ2) is 7.92. The first-order valence-corrected chi connectivity index (χ1v) is 10.2. The first-order valence-electron chi connectivity index (χ1n) is 8.77. The van der Waals surface area contributed by atoms with Crippen molar-refractivity contribution in [3.8, 4) is 0 Å². The van der Waals surface area contributed by atoms with E-state index in [1.54, 1.807) is 0 Å². The molecule has 152 valence electrons. The minimum atomic E-state index is -4.36. The number of amides is 3. The molecular weight excluding hydrogens is 396 g/mol. The van der Waals surface area contributed by atoms with Crippen molar-refractivity contribution in [2.45, 2.75) is 24.2 Å². The van der Waals surface area contributed by atoms with Crippen LogP contribution in [0.5, 0.6) is 0 Å². The van der Waals surface area contributed by atoms with Crippen molar-refractivity contribution in [1.29, 1.82) is 0 Å². The molecule has 3 amide bonds. The first-order chi connectivity index (χ1) is 13.2. The monoisotopic (exact) mass is 415 g/mol. The zero-order valence-electron chi connectivity index (χ0n) is 14.9. The van der Waals surface area contributed by atoms with E-state index in [9.17, 15) is 31.6 Å². The van der Waals surface area contributed by atoms with Crippen LogP contribution in [0.1, 0.15) is 19.3 Å². The number of carbonyl (C=O) groups excluding carboxylic acids is 3.